The molecule has 0 fully saturated rings. The van der Waals surface area contributed by atoms with Crippen molar-refractivity contribution in [1.29, 1.82) is 0 Å². The molecule has 3 nitrogen and oxygen atoms in total. The molecule has 1 aromatic rings. The highest BCUT2D eigenvalue weighted by Gasteiger charge is 2.23. The molecular weight excluding hydrogens is 222 g/mol. The van der Waals surface area contributed by atoms with E-state index in [4.69, 9.17) is 4.74 Å². The van der Waals surface area contributed by atoms with E-state index in [1.165, 1.54) is 24.0 Å². The van der Waals surface area contributed by atoms with Gasteiger partial charge >= 0.3 is 5.97 Å². The number of hydrogen-bond acceptors (Lipinski definition) is 4. The first-order valence-electron chi connectivity index (χ1n) is 5.66. The molecule has 4 heteroatoms. The lowest BCUT2D eigenvalue weighted by molar-refractivity contribution is 0.0599. The Balaban J connectivity index is 2.17. The first-order valence-corrected chi connectivity index (χ1v) is 6.54. The number of thiophene rings is 1. The van der Waals surface area contributed by atoms with Crippen LogP contribution < -0.4 is 0 Å². The van der Waals surface area contributed by atoms with Crippen molar-refractivity contribution < 1.29 is 9.53 Å². The molecule has 1 aliphatic rings. The van der Waals surface area contributed by atoms with Crippen LogP contribution in [-0.2, 0) is 17.7 Å². The predicted molar refractivity (Wildman–Crippen MR) is 64.9 cm³/mol. The van der Waals surface area contributed by atoms with Gasteiger partial charge in [-0.1, -0.05) is 6.92 Å². The summed E-state index contributed by atoms with van der Waals surface area (Å²) in [7, 11) is 1.44. The third-order valence-corrected chi connectivity index (χ3v) is 3.98. The van der Waals surface area contributed by atoms with E-state index in [1.807, 2.05) is 5.38 Å². The summed E-state index contributed by atoms with van der Waals surface area (Å²) in [6.45, 7) is 5.39. The van der Waals surface area contributed by atoms with Crippen LogP contribution in [0.4, 0.5) is 0 Å². The molecule has 1 aliphatic heterocycles. The summed E-state index contributed by atoms with van der Waals surface area (Å²) >= 11 is 1.68. The van der Waals surface area contributed by atoms with Crippen molar-refractivity contribution in [2.24, 2.45) is 0 Å². The van der Waals surface area contributed by atoms with Crippen molar-refractivity contribution in [2.45, 2.75) is 26.3 Å². The summed E-state index contributed by atoms with van der Waals surface area (Å²) in [6.07, 6.45) is 2.16. The van der Waals surface area contributed by atoms with E-state index < -0.39 is 0 Å². The largest absolute Gasteiger partial charge is 0.465 e. The Kier molecular flexibility index (Phi) is 3.61. The van der Waals surface area contributed by atoms with Crippen LogP contribution in [-0.4, -0.2) is 31.1 Å². The van der Waals surface area contributed by atoms with E-state index in [1.54, 1.807) is 11.3 Å². The second kappa shape index (κ2) is 4.97. The molecule has 2 heterocycles. The predicted octanol–water partition coefficient (Wildman–Crippen LogP) is 2.30. The maximum absolute atomic E-state index is 11.5. The van der Waals surface area contributed by atoms with Gasteiger partial charge in [0, 0.05) is 23.3 Å². The number of ether oxygens (including phenoxy) is 1. The molecule has 0 spiro atoms. The Morgan fingerprint density at radius 2 is 2.44 bits per heavy atom. The average molecular weight is 239 g/mol. The van der Waals surface area contributed by atoms with Crippen LogP contribution in [0.15, 0.2) is 5.38 Å². The molecule has 0 bridgehead atoms. The topological polar surface area (TPSA) is 29.5 Å². The highest BCUT2D eigenvalue weighted by molar-refractivity contribution is 7.10. The van der Waals surface area contributed by atoms with Gasteiger partial charge in [0.05, 0.1) is 12.7 Å². The number of hydrogen-bond donors (Lipinski definition) is 0. The Morgan fingerprint density at radius 1 is 1.62 bits per heavy atom. The zero-order valence-electron chi connectivity index (χ0n) is 9.78. The zero-order valence-corrected chi connectivity index (χ0v) is 10.6. The van der Waals surface area contributed by atoms with Crippen LogP contribution in [0.25, 0.3) is 0 Å². The van der Waals surface area contributed by atoms with Crippen molar-refractivity contribution in [1.82, 2.24) is 4.90 Å². The van der Waals surface area contributed by atoms with Crippen LogP contribution in [0, 0.1) is 0 Å². The van der Waals surface area contributed by atoms with Crippen molar-refractivity contribution in [3.8, 4) is 0 Å². The summed E-state index contributed by atoms with van der Waals surface area (Å²) in [5.74, 6) is -0.193. The lowest BCUT2D eigenvalue weighted by Crippen LogP contribution is -2.30. The van der Waals surface area contributed by atoms with Crippen LogP contribution in [0.2, 0.25) is 0 Å². The van der Waals surface area contributed by atoms with Crippen LogP contribution in [0.1, 0.15) is 34.1 Å². The second-order valence-electron chi connectivity index (χ2n) is 4.07. The number of nitrogens with zero attached hydrogens (tertiary/aromatic N) is 1. The van der Waals surface area contributed by atoms with Crippen molar-refractivity contribution in [3.63, 3.8) is 0 Å². The molecule has 0 unspecified atom stereocenters. The van der Waals surface area contributed by atoms with Gasteiger partial charge < -0.3 is 4.74 Å². The molecule has 0 radical (unpaired) electrons. The van der Waals surface area contributed by atoms with Gasteiger partial charge in [0.25, 0.3) is 0 Å². The second-order valence-corrected chi connectivity index (χ2v) is 5.03. The zero-order chi connectivity index (χ0) is 11.5. The van der Waals surface area contributed by atoms with Crippen LogP contribution in [0.5, 0.6) is 0 Å². The van der Waals surface area contributed by atoms with Gasteiger partial charge in [-0.2, -0.15) is 0 Å². The van der Waals surface area contributed by atoms with Crippen molar-refractivity contribution >= 4 is 17.3 Å². The summed E-state index contributed by atoms with van der Waals surface area (Å²) in [6, 6.07) is 0. The monoisotopic (exact) mass is 239 g/mol. The Bertz CT molecular complexity index is 386. The van der Waals surface area contributed by atoms with Gasteiger partial charge in [-0.3, -0.25) is 4.90 Å². The van der Waals surface area contributed by atoms with E-state index in [0.29, 0.717) is 0 Å². The third kappa shape index (κ3) is 2.13. The van der Waals surface area contributed by atoms with Gasteiger partial charge in [0.1, 0.15) is 0 Å². The number of carbonyl (C=O) groups excluding carboxylic acids is 1. The molecular formula is C12H17NO2S. The average Bonchev–Trinajstić information content (AvgIpc) is 2.71. The summed E-state index contributed by atoms with van der Waals surface area (Å²) in [4.78, 5) is 15.3. The highest BCUT2D eigenvalue weighted by Crippen LogP contribution is 2.29. The minimum atomic E-state index is -0.193. The standard InChI is InChI=1S/C12H17NO2S/c1-3-5-13-6-4-9-10(12(14)15-2)8-16-11(9)7-13/h8H,3-7H2,1-2H3. The first-order chi connectivity index (χ1) is 7.76. The number of rotatable bonds is 3. The molecule has 0 saturated heterocycles. The molecule has 16 heavy (non-hydrogen) atoms. The SMILES string of the molecule is CCCN1CCc2c(C(=O)OC)csc2C1. The number of methoxy groups -OCH3 is 1. The fourth-order valence-corrected chi connectivity index (χ4v) is 3.28. The van der Waals surface area contributed by atoms with E-state index >= 15 is 0 Å². The Morgan fingerprint density at radius 3 is 3.12 bits per heavy atom. The number of fused-ring (bicyclic) bond motifs is 1. The number of esters is 1. The molecule has 88 valence electrons. The summed E-state index contributed by atoms with van der Waals surface area (Å²) < 4.78 is 4.79. The third-order valence-electron chi connectivity index (χ3n) is 2.97. The van der Waals surface area contributed by atoms with Gasteiger partial charge in [0.2, 0.25) is 0 Å². The van der Waals surface area contributed by atoms with E-state index in [9.17, 15) is 4.79 Å². The normalized spacial score (nSPS) is 15.9. The molecule has 0 N–H and O–H groups in total. The molecule has 2 rings (SSSR count). The summed E-state index contributed by atoms with van der Waals surface area (Å²) in [5.41, 5.74) is 1.99. The van der Waals surface area contributed by atoms with Crippen LogP contribution in [0.3, 0.4) is 0 Å². The fourth-order valence-electron chi connectivity index (χ4n) is 2.17. The number of carbonyl (C=O) groups is 1. The molecule has 0 amide bonds. The molecule has 0 saturated carbocycles. The van der Waals surface area contributed by atoms with Crippen molar-refractivity contribution in [3.05, 3.63) is 21.4 Å². The van der Waals surface area contributed by atoms with Gasteiger partial charge in [-0.25, -0.2) is 4.79 Å². The fraction of sp³-hybridized carbons (Fsp3) is 0.583. The minimum Gasteiger partial charge on any atom is -0.465 e. The van der Waals surface area contributed by atoms with Gasteiger partial charge in [-0.15, -0.1) is 11.3 Å². The maximum atomic E-state index is 11.5. The van der Waals surface area contributed by atoms with Gasteiger partial charge in [-0.05, 0) is 24.9 Å². The molecule has 1 aromatic heterocycles. The van der Waals surface area contributed by atoms with Crippen LogP contribution >= 0.6 is 11.3 Å². The smallest absolute Gasteiger partial charge is 0.338 e. The minimum absolute atomic E-state index is 0.193. The van der Waals surface area contributed by atoms with Gasteiger partial charge in [0.15, 0.2) is 0 Å². The lowest BCUT2D eigenvalue weighted by atomic mass is 10.0. The molecule has 0 aromatic carbocycles. The first kappa shape index (κ1) is 11.6. The molecule has 0 aliphatic carbocycles. The van der Waals surface area contributed by atoms with E-state index in [0.717, 1.165) is 31.6 Å². The maximum Gasteiger partial charge on any atom is 0.338 e. The van der Waals surface area contributed by atoms with E-state index in [-0.39, 0.29) is 5.97 Å². The van der Waals surface area contributed by atoms with Crippen molar-refractivity contribution in [2.75, 3.05) is 20.2 Å². The Labute approximate surface area is 100 Å². The molecule has 0 atom stereocenters. The lowest BCUT2D eigenvalue weighted by Gasteiger charge is -2.26. The van der Waals surface area contributed by atoms with E-state index in [2.05, 4.69) is 11.8 Å². The Hall–Kier alpha value is -0.870. The quantitative estimate of drug-likeness (QED) is 0.758. The summed E-state index contributed by atoms with van der Waals surface area (Å²) in [5, 5.41) is 1.94. The highest BCUT2D eigenvalue weighted by atomic mass is 32.1.